The second-order valence-electron chi connectivity index (χ2n) is 1.62. The van der Waals surface area contributed by atoms with E-state index in [4.69, 9.17) is 0 Å². The summed E-state index contributed by atoms with van der Waals surface area (Å²) in [5, 5.41) is 3.22. The third-order valence-corrected chi connectivity index (χ3v) is 1.58. The zero-order valence-electron chi connectivity index (χ0n) is 4.48. The molecule has 0 saturated carbocycles. The van der Waals surface area contributed by atoms with E-state index < -0.39 is 0 Å². The molecular formula is C5H9BrClN. The number of halogens is 2. The molecule has 0 saturated heterocycles. The number of rotatable bonds is 0. The summed E-state index contributed by atoms with van der Waals surface area (Å²) in [7, 11) is 0. The number of hydrogen-bond acceptors (Lipinski definition) is 1. The first kappa shape index (κ1) is 8.47. The van der Waals surface area contributed by atoms with Crippen molar-refractivity contribution in [1.82, 2.24) is 5.32 Å². The van der Waals surface area contributed by atoms with Gasteiger partial charge in [-0.05, 0) is 13.0 Å². The van der Waals surface area contributed by atoms with Crippen molar-refractivity contribution in [2.45, 2.75) is 6.42 Å². The molecular weight excluding hydrogens is 189 g/mol. The summed E-state index contributed by atoms with van der Waals surface area (Å²) in [6.07, 6.45) is 3.37. The smallest absolute Gasteiger partial charge is 0.0268 e. The third kappa shape index (κ3) is 2.70. The van der Waals surface area contributed by atoms with Crippen LogP contribution in [0.4, 0.5) is 0 Å². The highest BCUT2D eigenvalue weighted by Crippen LogP contribution is 2.06. The maximum Gasteiger partial charge on any atom is 0.0268 e. The largest absolute Gasteiger partial charge is 0.312 e. The maximum absolute atomic E-state index is 3.39. The Bertz CT molecular complexity index is 92.4. The van der Waals surface area contributed by atoms with Gasteiger partial charge in [0.2, 0.25) is 0 Å². The molecule has 3 heteroatoms. The molecule has 0 aromatic heterocycles. The molecule has 0 unspecified atom stereocenters. The van der Waals surface area contributed by atoms with E-state index in [0.717, 1.165) is 13.1 Å². The summed E-state index contributed by atoms with van der Waals surface area (Å²) in [5.74, 6) is 0. The Hall–Kier alpha value is 0.470. The molecule has 48 valence electrons. The van der Waals surface area contributed by atoms with Crippen molar-refractivity contribution in [1.29, 1.82) is 0 Å². The Morgan fingerprint density at radius 3 is 2.62 bits per heavy atom. The van der Waals surface area contributed by atoms with E-state index in [2.05, 4.69) is 27.3 Å². The molecule has 0 amide bonds. The fourth-order valence-corrected chi connectivity index (χ4v) is 1.04. The predicted molar refractivity (Wildman–Crippen MR) is 41.7 cm³/mol. The fourth-order valence-electron chi connectivity index (χ4n) is 0.611. The van der Waals surface area contributed by atoms with Crippen LogP contribution in [-0.2, 0) is 0 Å². The minimum absolute atomic E-state index is 0. The Kier molecular flexibility index (Phi) is 4.61. The van der Waals surface area contributed by atoms with E-state index >= 15 is 0 Å². The molecule has 1 rings (SSSR count). The van der Waals surface area contributed by atoms with Crippen molar-refractivity contribution in [3.63, 3.8) is 0 Å². The van der Waals surface area contributed by atoms with Gasteiger partial charge < -0.3 is 5.32 Å². The SMILES string of the molecule is BrC1=CCCNC1.Cl. The average Bonchev–Trinajstić information content (AvgIpc) is 1.69. The Labute approximate surface area is 64.1 Å². The van der Waals surface area contributed by atoms with E-state index in [9.17, 15) is 0 Å². The zero-order chi connectivity index (χ0) is 5.11. The molecule has 1 aliphatic heterocycles. The zero-order valence-corrected chi connectivity index (χ0v) is 6.89. The lowest BCUT2D eigenvalue weighted by Crippen LogP contribution is -2.19. The molecule has 0 fully saturated rings. The van der Waals surface area contributed by atoms with Crippen molar-refractivity contribution in [2.24, 2.45) is 0 Å². The van der Waals surface area contributed by atoms with Gasteiger partial charge in [0, 0.05) is 11.0 Å². The van der Waals surface area contributed by atoms with Crippen LogP contribution in [0.15, 0.2) is 10.6 Å². The molecule has 1 N–H and O–H groups in total. The lowest BCUT2D eigenvalue weighted by molar-refractivity contribution is 0.724. The van der Waals surface area contributed by atoms with Gasteiger partial charge in [0.1, 0.15) is 0 Å². The van der Waals surface area contributed by atoms with Gasteiger partial charge >= 0.3 is 0 Å². The van der Waals surface area contributed by atoms with E-state index in [1.807, 2.05) is 0 Å². The quantitative estimate of drug-likeness (QED) is 0.625. The second kappa shape index (κ2) is 4.36. The third-order valence-electron chi connectivity index (χ3n) is 0.981. The molecule has 0 bridgehead atoms. The molecule has 0 spiro atoms. The lowest BCUT2D eigenvalue weighted by atomic mass is 10.3. The van der Waals surface area contributed by atoms with Crippen LogP contribution >= 0.6 is 28.3 Å². The minimum Gasteiger partial charge on any atom is -0.312 e. The van der Waals surface area contributed by atoms with Crippen LogP contribution in [0.5, 0.6) is 0 Å². The number of hydrogen-bond donors (Lipinski definition) is 1. The van der Waals surface area contributed by atoms with Crippen LogP contribution < -0.4 is 5.32 Å². The van der Waals surface area contributed by atoms with Crippen LogP contribution in [0.1, 0.15) is 6.42 Å². The highest BCUT2D eigenvalue weighted by Gasteiger charge is 1.95. The van der Waals surface area contributed by atoms with E-state index in [1.165, 1.54) is 10.9 Å². The summed E-state index contributed by atoms with van der Waals surface area (Å²) >= 11 is 3.39. The highest BCUT2D eigenvalue weighted by atomic mass is 79.9. The predicted octanol–water partition coefficient (Wildman–Crippen LogP) is 1.68. The minimum atomic E-state index is 0. The number of nitrogens with one attached hydrogen (secondary N) is 1. The van der Waals surface area contributed by atoms with E-state index in [1.54, 1.807) is 0 Å². The molecule has 0 aromatic rings. The van der Waals surface area contributed by atoms with Crippen molar-refractivity contribution < 1.29 is 0 Å². The van der Waals surface area contributed by atoms with Gasteiger partial charge in [-0.1, -0.05) is 22.0 Å². The summed E-state index contributed by atoms with van der Waals surface area (Å²) in [6.45, 7) is 2.15. The fraction of sp³-hybridized carbons (Fsp3) is 0.600. The van der Waals surface area contributed by atoms with Crippen molar-refractivity contribution in [3.8, 4) is 0 Å². The van der Waals surface area contributed by atoms with E-state index in [-0.39, 0.29) is 12.4 Å². The Morgan fingerprint density at radius 1 is 1.62 bits per heavy atom. The lowest BCUT2D eigenvalue weighted by Gasteiger charge is -2.06. The molecule has 8 heavy (non-hydrogen) atoms. The van der Waals surface area contributed by atoms with Gasteiger partial charge in [0.15, 0.2) is 0 Å². The molecule has 1 nitrogen and oxygen atoms in total. The average molecular weight is 198 g/mol. The molecule has 1 heterocycles. The molecule has 0 atom stereocenters. The maximum atomic E-state index is 3.39. The Morgan fingerprint density at radius 2 is 2.38 bits per heavy atom. The van der Waals surface area contributed by atoms with Crippen LogP contribution in [0.2, 0.25) is 0 Å². The molecule has 0 aliphatic carbocycles. The van der Waals surface area contributed by atoms with Crippen molar-refractivity contribution in [3.05, 3.63) is 10.6 Å². The highest BCUT2D eigenvalue weighted by molar-refractivity contribution is 9.11. The summed E-state index contributed by atoms with van der Waals surface area (Å²) in [4.78, 5) is 0. The van der Waals surface area contributed by atoms with Crippen LogP contribution in [0, 0.1) is 0 Å². The second-order valence-corrected chi connectivity index (χ2v) is 2.64. The van der Waals surface area contributed by atoms with Gasteiger partial charge in [-0.15, -0.1) is 12.4 Å². The topological polar surface area (TPSA) is 12.0 Å². The first-order chi connectivity index (χ1) is 3.39. The standard InChI is InChI=1S/C5H8BrN.ClH/c6-5-2-1-3-7-4-5;/h2,7H,1,3-4H2;1H. The van der Waals surface area contributed by atoms with Gasteiger partial charge in [-0.2, -0.15) is 0 Å². The first-order valence-corrected chi connectivity index (χ1v) is 3.24. The monoisotopic (exact) mass is 197 g/mol. The first-order valence-electron chi connectivity index (χ1n) is 2.45. The van der Waals surface area contributed by atoms with Gasteiger partial charge in [-0.25, -0.2) is 0 Å². The van der Waals surface area contributed by atoms with Crippen LogP contribution in [0.3, 0.4) is 0 Å². The van der Waals surface area contributed by atoms with E-state index in [0.29, 0.717) is 0 Å². The Balaban J connectivity index is 0.000000490. The van der Waals surface area contributed by atoms with Crippen molar-refractivity contribution in [2.75, 3.05) is 13.1 Å². The van der Waals surface area contributed by atoms with Gasteiger partial charge in [-0.3, -0.25) is 0 Å². The normalized spacial score (nSPS) is 18.9. The van der Waals surface area contributed by atoms with Gasteiger partial charge in [0.25, 0.3) is 0 Å². The van der Waals surface area contributed by atoms with Gasteiger partial charge in [0.05, 0.1) is 0 Å². The van der Waals surface area contributed by atoms with Crippen molar-refractivity contribution >= 4 is 28.3 Å². The summed E-state index contributed by atoms with van der Waals surface area (Å²) < 4.78 is 1.29. The van der Waals surface area contributed by atoms with Crippen LogP contribution in [0.25, 0.3) is 0 Å². The van der Waals surface area contributed by atoms with Crippen LogP contribution in [-0.4, -0.2) is 13.1 Å². The molecule has 0 aromatic carbocycles. The molecule has 1 aliphatic rings. The molecule has 0 radical (unpaired) electrons. The summed E-state index contributed by atoms with van der Waals surface area (Å²) in [6, 6.07) is 0. The summed E-state index contributed by atoms with van der Waals surface area (Å²) in [5.41, 5.74) is 0.